The summed E-state index contributed by atoms with van der Waals surface area (Å²) in [5.41, 5.74) is 22.8. The number of anilines is 2. The number of thiocarbonyl (C=S) groups is 2. The average molecular weight is 1420 g/mol. The van der Waals surface area contributed by atoms with Gasteiger partial charge < -0.3 is 36.6 Å². The van der Waals surface area contributed by atoms with E-state index in [9.17, 15) is 19.3 Å². The van der Waals surface area contributed by atoms with Gasteiger partial charge in [-0.05, 0) is 203 Å². The molecule has 5 aliphatic rings. The molecule has 27 heteroatoms. The number of hydrogen-bond donors (Lipinski definition) is 9. The third kappa shape index (κ3) is 25.2. The fourth-order valence-electron chi connectivity index (χ4n) is 10.9. The molecule has 23 nitrogen and oxygen atoms in total. The molecule has 10 aromatic carbocycles. The number of aliphatic imine (C=N–C) groups is 1. The predicted molar refractivity (Wildman–Crippen MR) is 386 cm³/mol. The number of nitro groups is 1. The Morgan fingerprint density at radius 1 is 0.580 bits per heavy atom. The Hall–Kier alpha value is -9.77. The first-order chi connectivity index (χ1) is 48.4. The minimum absolute atomic E-state index is 0. The van der Waals surface area contributed by atoms with E-state index in [2.05, 4.69) is 177 Å². The molecule has 0 heterocycles. The number of amides is 2. The summed E-state index contributed by atoms with van der Waals surface area (Å²) in [4.78, 5) is 71.7. The zero-order chi connectivity index (χ0) is 72.5. The van der Waals surface area contributed by atoms with Gasteiger partial charge in [0.25, 0.3) is 17.2 Å². The number of halogens is 1. The van der Waals surface area contributed by atoms with Gasteiger partial charge in [0.1, 0.15) is 0 Å². The molecule has 100 heavy (non-hydrogen) atoms. The molecule has 15 rings (SSSR count). The van der Waals surface area contributed by atoms with Crippen LogP contribution in [0.1, 0.15) is 123 Å². The molecular weight excluding hydrogens is 1350 g/mol. The number of carboxylic acids is 2. The topological polar surface area (TPSA) is 377 Å². The van der Waals surface area contributed by atoms with Gasteiger partial charge in [-0.3, -0.25) is 45.2 Å². The number of fused-ring (bicyclic) bond motifs is 5. The standard InChI is InChI=1S/C15H15N3OS.C14H11NS.C13H11NO2.C13H13N.C13H12.C2H2O4.CH3F.CH4N2O.CH2O3.K.HNO3/c19-9-16-18-15(20)17-14-8-7-11(10-5-6-10)12-3-1-2-4-13(12)14;16-9-15-14-8-7-11(10-5-6-10)12-3-1-2-4-13(12)14;15-14(16)13-8-7-10(9-5-6-9)11-3-1-2-4-12(11)13;14-13-8-7-10(9-5-6-9)11-3-1-2-4-12(11)13;1-2-6-12-10(4-1)5-3-7-13(12)11-8-9-11;3-1(4)2(5)6;1-2;2-3-1-4;2-1-4-3;;2-1(3)4/h1-4,7-10H,5-6H2,(H,16,19)(H2,17,18,20);1-4,7-8,10H,5-6H2;1-4,7-9H,5-6H2;1-4,7-9H,5-6,14H2;1-7,11H,8-9H2;(H,3,4)(H,5,6);1H3;1H,2H2,(H,3,4);1,3H;;(H,2,3,4)/q;;;;;;;;;+1;/p-1/i;;;;;;1D;;;;. The maximum absolute atomic E-state index is 10.9. The smallest absolute Gasteiger partial charge is 0.662 e. The molecule has 0 bridgehead atoms. The molecular formula is C73H73FKN9O14S2. The van der Waals surface area contributed by atoms with Crippen LogP contribution in [0.2, 0.25) is 0 Å². The first kappa shape index (κ1) is 79.2. The molecule has 11 N–H and O–H groups in total. The number of nitrogen functional groups attached to an aromatic ring is 1. The molecule has 0 atom stereocenters. The van der Waals surface area contributed by atoms with Crippen molar-refractivity contribution in [2.75, 3.05) is 18.2 Å². The number of hydrazine groups is 2. The van der Waals surface area contributed by atoms with Gasteiger partial charge in [0.2, 0.25) is 12.8 Å². The summed E-state index contributed by atoms with van der Waals surface area (Å²) in [5.74, 6) is 4.49. The number of rotatable bonds is 12. The van der Waals surface area contributed by atoms with E-state index >= 15 is 0 Å². The molecule has 0 aliphatic heterocycles. The molecule has 5 fully saturated rings. The van der Waals surface area contributed by atoms with Gasteiger partial charge in [0, 0.05) is 33.6 Å². The normalized spacial score (nSPS) is 13.2. The van der Waals surface area contributed by atoms with Crippen molar-refractivity contribution in [3.63, 3.8) is 0 Å². The van der Waals surface area contributed by atoms with Crippen molar-refractivity contribution < 1.29 is 117 Å². The summed E-state index contributed by atoms with van der Waals surface area (Å²) < 4.78 is 15.5. The van der Waals surface area contributed by atoms with Crippen molar-refractivity contribution in [2.45, 2.75) is 93.8 Å². The van der Waals surface area contributed by atoms with Gasteiger partial charge in [-0.2, -0.15) is 4.99 Å². The maximum atomic E-state index is 10.9. The summed E-state index contributed by atoms with van der Waals surface area (Å²) in [7, 11) is -1.00. The predicted octanol–water partition coefficient (Wildman–Crippen LogP) is 11.2. The van der Waals surface area contributed by atoms with Crippen molar-refractivity contribution in [1.29, 1.82) is 0 Å². The summed E-state index contributed by atoms with van der Waals surface area (Å²) >= 11 is 9.79. The van der Waals surface area contributed by atoms with Gasteiger partial charge >= 0.3 is 63.3 Å². The number of nitrogens with one attached hydrogen (secondary N) is 4. The van der Waals surface area contributed by atoms with Crippen molar-refractivity contribution >= 4 is 143 Å². The average Bonchev–Trinajstić information content (AvgIpc) is 1.84. The second-order valence-corrected chi connectivity index (χ2v) is 23.1. The van der Waals surface area contributed by atoms with Gasteiger partial charge in [-0.15, -0.1) is 10.1 Å². The Morgan fingerprint density at radius 2 is 0.930 bits per heavy atom. The van der Waals surface area contributed by atoms with Gasteiger partial charge in [-0.1, -0.05) is 158 Å². The number of nitrogens with zero attached hydrogens (tertiary/aromatic N) is 3. The van der Waals surface area contributed by atoms with E-state index in [1.54, 1.807) is 17.1 Å². The van der Waals surface area contributed by atoms with Crippen LogP contribution in [0.15, 0.2) is 193 Å². The fourth-order valence-corrected chi connectivity index (χ4v) is 11.2. The molecule has 0 saturated heterocycles. The number of nitrogens with two attached hydrogens (primary N) is 2. The van der Waals surface area contributed by atoms with E-state index in [0.717, 1.165) is 51.0 Å². The van der Waals surface area contributed by atoms with Crippen LogP contribution in [0.4, 0.5) is 27.1 Å². The molecule has 0 unspecified atom stereocenters. The molecule has 0 spiro atoms. The molecule has 0 aromatic heterocycles. The number of benzene rings is 10. The van der Waals surface area contributed by atoms with Crippen molar-refractivity contribution in [1.82, 2.24) is 16.3 Å². The maximum Gasteiger partial charge on any atom is 1.00 e. The van der Waals surface area contributed by atoms with Crippen molar-refractivity contribution in [3.8, 4) is 0 Å². The SMILES string of the molecule is NNC=O.Nc1ccc(C2CC2)c2ccccc12.O=C(O)C(=O)O.O=CNNC(=S)Nc1ccc(C2CC2)c2ccccc12.O=CO[O-].O=[N+]([O-])O.O=[N+]([O-])c1ccc(C2CC2)c2ccccc12.S=C=Nc1ccc(C2CC2)c2ccccc12.[2H]CF.[K+].c1ccc2c(C3CC3)cccc2c1. The van der Waals surface area contributed by atoms with E-state index in [1.165, 1.54) is 124 Å². The number of carbonyl (C=O) groups is 5. The minimum atomic E-state index is -1.82. The second kappa shape index (κ2) is 42.2. The first-order valence-electron chi connectivity index (χ1n) is 31.7. The number of hydrogen-bond acceptors (Lipinski definition) is 16. The summed E-state index contributed by atoms with van der Waals surface area (Å²) in [5, 5.41) is 65.8. The van der Waals surface area contributed by atoms with E-state index in [-0.39, 0.29) is 68.5 Å². The van der Waals surface area contributed by atoms with E-state index < -0.39 is 24.2 Å². The Labute approximate surface area is 629 Å². The third-order valence-corrected chi connectivity index (χ3v) is 16.2. The van der Waals surface area contributed by atoms with Crippen LogP contribution < -0.4 is 89.8 Å². The molecule has 10 aromatic rings. The minimum Gasteiger partial charge on any atom is -0.662 e. The fraction of sp³-hybridized carbons (Fsp3) is 0.219. The Balaban J connectivity index is 0.000000213. The summed E-state index contributed by atoms with van der Waals surface area (Å²) in [6.07, 6.45) is 14.0. The van der Waals surface area contributed by atoms with Crippen molar-refractivity contribution in [2.24, 2.45) is 10.8 Å². The Kier molecular flexibility index (Phi) is 33.5. The third-order valence-electron chi connectivity index (χ3n) is 15.9. The van der Waals surface area contributed by atoms with Gasteiger partial charge in [0.05, 0.1) is 29.7 Å². The van der Waals surface area contributed by atoms with E-state index in [0.29, 0.717) is 29.8 Å². The van der Waals surface area contributed by atoms with Crippen LogP contribution in [-0.4, -0.2) is 74.1 Å². The largest absolute Gasteiger partial charge is 1.00 e. The molecule has 0 radical (unpaired) electrons. The number of carboxylic acid groups (broad SMARTS) is 2. The zero-order valence-corrected chi connectivity index (χ0v) is 59.1. The molecule has 5 aliphatic carbocycles. The number of isothiocyanates is 1. The number of nitro benzene ring substituents is 1. The molecule has 514 valence electrons. The van der Waals surface area contributed by atoms with Crippen LogP contribution >= 0.6 is 24.4 Å². The quantitative estimate of drug-likeness (QED) is 0.00469. The zero-order valence-electron chi connectivity index (χ0n) is 55.3. The van der Waals surface area contributed by atoms with Crippen LogP contribution in [0.5, 0.6) is 0 Å². The van der Waals surface area contributed by atoms with Crippen LogP contribution in [-0.2, 0) is 28.9 Å². The van der Waals surface area contributed by atoms with Gasteiger partial charge in [-0.25, -0.2) is 15.4 Å². The monoisotopic (exact) mass is 1420 g/mol. The van der Waals surface area contributed by atoms with Crippen molar-refractivity contribution in [3.05, 3.63) is 236 Å². The van der Waals surface area contributed by atoms with E-state index in [4.69, 9.17) is 69.3 Å². The van der Waals surface area contributed by atoms with Crippen LogP contribution in [0.25, 0.3) is 53.9 Å². The summed E-state index contributed by atoms with van der Waals surface area (Å²) in [6, 6.07) is 64.3. The first-order valence-corrected chi connectivity index (χ1v) is 31.8. The second-order valence-electron chi connectivity index (χ2n) is 22.5. The number of non-ortho nitro benzene ring substituents is 1. The number of alkyl halides is 1. The Bertz CT molecular complexity index is 4400. The Morgan fingerprint density at radius 3 is 1.35 bits per heavy atom. The van der Waals surface area contributed by atoms with E-state index in [1.807, 2.05) is 54.6 Å². The van der Waals surface area contributed by atoms with Crippen LogP contribution in [0.3, 0.4) is 0 Å². The molecule has 2 amide bonds. The van der Waals surface area contributed by atoms with Gasteiger partial charge in [0.15, 0.2) is 5.11 Å². The summed E-state index contributed by atoms with van der Waals surface area (Å²) in [6.45, 7) is -0.181. The molecule has 5 saturated carbocycles. The van der Waals surface area contributed by atoms with Crippen LogP contribution in [0, 0.1) is 20.2 Å². The number of carbonyl (C=O) groups excluding carboxylic acids is 3. The number of aliphatic carboxylic acids is 2.